The molecule has 0 aliphatic carbocycles. The molecule has 0 spiro atoms. The van der Waals surface area contributed by atoms with E-state index < -0.39 is 18.1 Å². The maximum Gasteiger partial charge on any atom is 0.320 e. The fourth-order valence-corrected chi connectivity index (χ4v) is 2.70. The molecule has 1 aromatic rings. The van der Waals surface area contributed by atoms with Gasteiger partial charge in [0, 0.05) is 11.8 Å². The van der Waals surface area contributed by atoms with Gasteiger partial charge in [0.1, 0.15) is 12.3 Å². The molecule has 1 rings (SSSR count). The predicted octanol–water partition coefficient (Wildman–Crippen LogP) is 1.90. The second kappa shape index (κ2) is 8.11. The molecule has 0 fully saturated rings. The maximum atomic E-state index is 11.2. The highest BCUT2D eigenvalue weighted by molar-refractivity contribution is 7.09. The number of hydrogen-bond donors (Lipinski definition) is 2. The highest BCUT2D eigenvalue weighted by atomic mass is 32.1. The number of nitrogens with zero attached hydrogens (tertiary/aromatic N) is 1. The number of aromatic nitrogens is 1. The minimum Gasteiger partial charge on any atom is -0.480 e. The van der Waals surface area contributed by atoms with Gasteiger partial charge in [0.2, 0.25) is 0 Å². The highest BCUT2D eigenvalue weighted by Crippen LogP contribution is 2.12. The summed E-state index contributed by atoms with van der Waals surface area (Å²) in [6.07, 6.45) is 2.56. The Morgan fingerprint density at radius 3 is 2.70 bits per heavy atom. The van der Waals surface area contributed by atoms with E-state index in [1.807, 2.05) is 26.2 Å². The van der Waals surface area contributed by atoms with Crippen LogP contribution in [0.4, 0.5) is 0 Å². The smallest absolute Gasteiger partial charge is 0.320 e. The van der Waals surface area contributed by atoms with Gasteiger partial charge in [0.25, 0.3) is 0 Å². The van der Waals surface area contributed by atoms with Crippen LogP contribution in [0.15, 0.2) is 5.38 Å². The van der Waals surface area contributed by atoms with Crippen molar-refractivity contribution in [2.24, 2.45) is 5.92 Å². The van der Waals surface area contributed by atoms with E-state index in [2.05, 4.69) is 10.3 Å². The first-order valence-corrected chi connectivity index (χ1v) is 7.71. The van der Waals surface area contributed by atoms with Gasteiger partial charge in [-0.1, -0.05) is 20.8 Å². The van der Waals surface area contributed by atoms with Gasteiger partial charge in [-0.3, -0.25) is 10.1 Å². The summed E-state index contributed by atoms with van der Waals surface area (Å²) in [5, 5.41) is 15.0. The van der Waals surface area contributed by atoms with Crippen LogP contribution in [0.2, 0.25) is 0 Å². The number of aliphatic carboxylic acids is 1. The first-order valence-electron chi connectivity index (χ1n) is 6.83. The zero-order valence-corrected chi connectivity index (χ0v) is 12.9. The Bertz CT molecular complexity index is 445. The molecule has 0 aliphatic heterocycles. The molecule has 1 heterocycles. The first-order chi connectivity index (χ1) is 9.46. The van der Waals surface area contributed by atoms with E-state index in [1.165, 1.54) is 0 Å². The van der Waals surface area contributed by atoms with Crippen LogP contribution in [-0.4, -0.2) is 34.4 Å². The van der Waals surface area contributed by atoms with Gasteiger partial charge in [0.15, 0.2) is 0 Å². The highest BCUT2D eigenvalue weighted by Gasteiger charge is 2.23. The molecule has 0 aliphatic rings. The summed E-state index contributed by atoms with van der Waals surface area (Å²) in [6.45, 7) is 5.95. The first kappa shape index (κ1) is 16.8. The fourth-order valence-electron chi connectivity index (χ4n) is 1.95. The summed E-state index contributed by atoms with van der Waals surface area (Å²) in [6, 6.07) is -1.21. The molecule has 0 saturated carbocycles. The molecule has 0 bridgehead atoms. The topological polar surface area (TPSA) is 79.3 Å². The van der Waals surface area contributed by atoms with Crippen molar-refractivity contribution in [1.82, 2.24) is 10.3 Å². The lowest BCUT2D eigenvalue weighted by Crippen LogP contribution is -2.45. The molecule has 112 valence electrons. The van der Waals surface area contributed by atoms with Crippen LogP contribution in [0.5, 0.6) is 0 Å². The largest absolute Gasteiger partial charge is 0.480 e. The van der Waals surface area contributed by atoms with Gasteiger partial charge in [-0.25, -0.2) is 4.98 Å². The Morgan fingerprint density at radius 1 is 1.55 bits per heavy atom. The van der Waals surface area contributed by atoms with E-state index in [1.54, 1.807) is 11.3 Å². The molecule has 6 heteroatoms. The number of nitrogens with one attached hydrogen (secondary N) is 1. The fraction of sp³-hybridized carbons (Fsp3) is 0.643. The van der Waals surface area contributed by atoms with Crippen molar-refractivity contribution in [3.63, 3.8) is 0 Å². The van der Waals surface area contributed by atoms with E-state index >= 15 is 0 Å². The zero-order chi connectivity index (χ0) is 15.1. The van der Waals surface area contributed by atoms with Gasteiger partial charge in [-0.2, -0.15) is 0 Å². The molecular formula is C14H22N2O3S. The average molecular weight is 298 g/mol. The molecule has 2 N–H and O–H groups in total. The molecule has 0 amide bonds. The van der Waals surface area contributed by atoms with Gasteiger partial charge < -0.3 is 9.90 Å². The number of hydrogen-bond acceptors (Lipinski definition) is 5. The minimum atomic E-state index is -0.918. The summed E-state index contributed by atoms with van der Waals surface area (Å²) in [5.41, 5.74) is 0.838. The molecule has 20 heavy (non-hydrogen) atoms. The van der Waals surface area contributed by atoms with Gasteiger partial charge in [-0.05, 0) is 18.8 Å². The summed E-state index contributed by atoms with van der Waals surface area (Å²) in [7, 11) is 0. The van der Waals surface area contributed by atoms with Gasteiger partial charge in [0.05, 0.1) is 16.7 Å². The molecule has 2 atom stereocenters. The van der Waals surface area contributed by atoms with E-state index in [0.717, 1.165) is 23.4 Å². The predicted molar refractivity (Wildman–Crippen MR) is 79.1 cm³/mol. The number of carboxylic acid groups (broad SMARTS) is 1. The van der Waals surface area contributed by atoms with Crippen molar-refractivity contribution in [2.45, 2.75) is 52.1 Å². The van der Waals surface area contributed by atoms with Crippen LogP contribution < -0.4 is 5.32 Å². The number of carbonyl (C=O) groups excluding carboxylic acids is 1. The monoisotopic (exact) mass is 298 g/mol. The van der Waals surface area contributed by atoms with Crippen LogP contribution in [-0.2, 0) is 22.4 Å². The van der Waals surface area contributed by atoms with Crippen molar-refractivity contribution < 1.29 is 14.7 Å². The Kier molecular flexibility index (Phi) is 6.81. The van der Waals surface area contributed by atoms with Crippen molar-refractivity contribution in [3.8, 4) is 0 Å². The second-order valence-electron chi connectivity index (χ2n) is 5.22. The van der Waals surface area contributed by atoms with E-state index in [9.17, 15) is 14.7 Å². The summed E-state index contributed by atoms with van der Waals surface area (Å²) in [4.78, 5) is 26.7. The van der Waals surface area contributed by atoms with Crippen LogP contribution in [0.25, 0.3) is 0 Å². The van der Waals surface area contributed by atoms with Crippen LogP contribution >= 0.6 is 11.3 Å². The van der Waals surface area contributed by atoms with E-state index in [0.29, 0.717) is 12.8 Å². The Labute approximate surface area is 123 Å². The summed E-state index contributed by atoms with van der Waals surface area (Å²) < 4.78 is 0. The van der Waals surface area contributed by atoms with E-state index in [-0.39, 0.29) is 5.92 Å². The molecule has 0 saturated heterocycles. The minimum absolute atomic E-state index is 0.252. The Morgan fingerprint density at radius 2 is 2.25 bits per heavy atom. The average Bonchev–Trinajstić information content (AvgIpc) is 2.83. The normalized spacial score (nSPS) is 14.2. The van der Waals surface area contributed by atoms with Crippen molar-refractivity contribution in [3.05, 3.63) is 16.1 Å². The SMILES string of the molecule is CCc1nc(CC(C=O)NC(CC(C)C)C(=O)O)cs1. The lowest BCUT2D eigenvalue weighted by atomic mass is 10.0. The Balaban J connectivity index is 2.64. The van der Waals surface area contributed by atoms with Gasteiger partial charge in [-0.15, -0.1) is 11.3 Å². The Hall–Kier alpha value is -1.27. The summed E-state index contributed by atoms with van der Waals surface area (Å²) >= 11 is 1.57. The van der Waals surface area contributed by atoms with Crippen molar-refractivity contribution >= 4 is 23.6 Å². The third kappa shape index (κ3) is 5.38. The number of rotatable bonds is 9. The standard InChI is InChI=1S/C14H22N2O3S/c1-4-13-16-11(8-20-13)6-10(7-17)15-12(14(18)19)5-9(2)3/h7-10,12,15H,4-6H2,1-3H3,(H,18,19). The van der Waals surface area contributed by atoms with Gasteiger partial charge >= 0.3 is 5.97 Å². The third-order valence-electron chi connectivity index (χ3n) is 2.92. The van der Waals surface area contributed by atoms with Crippen molar-refractivity contribution in [1.29, 1.82) is 0 Å². The molecule has 5 nitrogen and oxygen atoms in total. The molecule has 2 unspecified atom stereocenters. The lowest BCUT2D eigenvalue weighted by Gasteiger charge is -2.20. The quantitative estimate of drug-likeness (QED) is 0.681. The number of aryl methyl sites for hydroxylation is 1. The number of carbonyl (C=O) groups is 2. The van der Waals surface area contributed by atoms with Crippen molar-refractivity contribution in [2.75, 3.05) is 0 Å². The van der Waals surface area contributed by atoms with Crippen LogP contribution in [0.3, 0.4) is 0 Å². The van der Waals surface area contributed by atoms with Crippen LogP contribution in [0, 0.1) is 5.92 Å². The maximum absolute atomic E-state index is 11.2. The molecule has 0 aromatic carbocycles. The number of aldehydes is 1. The number of thiazole rings is 1. The third-order valence-corrected chi connectivity index (χ3v) is 3.96. The molecular weight excluding hydrogens is 276 g/mol. The van der Waals surface area contributed by atoms with E-state index in [4.69, 9.17) is 0 Å². The summed E-state index contributed by atoms with van der Waals surface area (Å²) in [5.74, 6) is -0.667. The zero-order valence-electron chi connectivity index (χ0n) is 12.1. The second-order valence-corrected chi connectivity index (χ2v) is 6.16. The molecule has 0 radical (unpaired) electrons. The lowest BCUT2D eigenvalue weighted by molar-refractivity contribution is -0.140. The number of carboxylic acids is 1. The van der Waals surface area contributed by atoms with Crippen LogP contribution in [0.1, 0.15) is 37.9 Å². The molecule has 1 aromatic heterocycles.